The van der Waals surface area contributed by atoms with Crippen molar-refractivity contribution in [3.63, 3.8) is 0 Å². The van der Waals surface area contributed by atoms with Crippen LogP contribution in [0, 0.1) is 0 Å². The van der Waals surface area contributed by atoms with Gasteiger partial charge >= 0.3 is 0 Å². The van der Waals surface area contributed by atoms with E-state index in [4.69, 9.17) is 0 Å². The maximum absolute atomic E-state index is 3.87. The van der Waals surface area contributed by atoms with Crippen LogP contribution in [0.3, 0.4) is 0 Å². The Morgan fingerprint density at radius 1 is 1.57 bits per heavy atom. The highest BCUT2D eigenvalue weighted by Gasteiger charge is 2.20. The molecular formula is C4H3N3. The first-order chi connectivity index (χ1) is 3.47. The van der Waals surface area contributed by atoms with Crippen molar-refractivity contribution < 1.29 is 0 Å². The third-order valence-corrected chi connectivity index (χ3v) is 0.866. The molecule has 0 spiro atoms. The molecule has 0 bridgehead atoms. The molecule has 3 heteroatoms. The van der Waals surface area contributed by atoms with Crippen LogP contribution < -0.4 is 0 Å². The zero-order valence-electron chi connectivity index (χ0n) is 3.57. The van der Waals surface area contributed by atoms with Crippen molar-refractivity contribution in [1.82, 2.24) is 5.01 Å². The van der Waals surface area contributed by atoms with E-state index in [1.165, 1.54) is 0 Å². The van der Waals surface area contributed by atoms with Gasteiger partial charge in [-0.15, -0.1) is 5.10 Å². The Labute approximate surface area is 40.7 Å². The predicted octanol–water partition coefficient (Wildman–Crippen LogP) is 0.171. The zero-order valence-corrected chi connectivity index (χ0v) is 3.57. The average molecular weight is 93.1 g/mol. The van der Waals surface area contributed by atoms with Crippen LogP contribution in [0.1, 0.15) is 0 Å². The highest BCUT2D eigenvalue weighted by Crippen LogP contribution is 2.12. The molecule has 0 aromatic rings. The highest BCUT2D eigenvalue weighted by atomic mass is 15.7. The van der Waals surface area contributed by atoms with Gasteiger partial charge in [0.05, 0.1) is 0 Å². The van der Waals surface area contributed by atoms with Gasteiger partial charge in [-0.1, -0.05) is 0 Å². The molecule has 0 atom stereocenters. The fourth-order valence-electron chi connectivity index (χ4n) is 0.489. The molecule has 34 valence electrons. The first kappa shape index (κ1) is 2.96. The number of aliphatic imine (C=N–C) groups is 1. The van der Waals surface area contributed by atoms with Gasteiger partial charge in [0.1, 0.15) is 0 Å². The van der Waals surface area contributed by atoms with Gasteiger partial charge in [-0.05, 0) is 6.08 Å². The molecule has 0 fully saturated rings. The van der Waals surface area contributed by atoms with E-state index in [1.807, 2.05) is 12.3 Å². The van der Waals surface area contributed by atoms with Crippen molar-refractivity contribution in [2.75, 3.05) is 0 Å². The van der Waals surface area contributed by atoms with Crippen LogP contribution in [0.15, 0.2) is 22.4 Å². The second-order valence-electron chi connectivity index (χ2n) is 1.36. The normalized spacial score (nSPS) is 21.7. The van der Waals surface area contributed by atoms with Crippen LogP contribution in [0.2, 0.25) is 0 Å². The molecule has 0 saturated heterocycles. The molecular weight excluding hydrogens is 90.1 g/mol. The number of fused-ring (bicyclic) bond motifs is 1. The van der Waals surface area contributed by atoms with Crippen molar-refractivity contribution in [2.24, 2.45) is 10.1 Å². The first-order valence-electron chi connectivity index (χ1n) is 2.05. The second kappa shape index (κ2) is 0.753. The third-order valence-electron chi connectivity index (χ3n) is 0.866. The number of guanidine groups is 1. The smallest absolute Gasteiger partial charge is 0.218 e. The van der Waals surface area contributed by atoms with Crippen molar-refractivity contribution in [2.45, 2.75) is 0 Å². The van der Waals surface area contributed by atoms with Crippen LogP contribution >= 0.6 is 0 Å². The van der Waals surface area contributed by atoms with Crippen molar-refractivity contribution in [3.05, 3.63) is 12.3 Å². The zero-order chi connectivity index (χ0) is 4.69. The number of rotatable bonds is 0. The topological polar surface area (TPSA) is 27.7 Å². The first-order valence-corrected chi connectivity index (χ1v) is 2.05. The van der Waals surface area contributed by atoms with Crippen LogP contribution in [-0.2, 0) is 0 Å². The van der Waals surface area contributed by atoms with Crippen molar-refractivity contribution in [1.29, 1.82) is 0 Å². The Morgan fingerprint density at radius 2 is 2.57 bits per heavy atom. The minimum atomic E-state index is 0.822. The molecule has 2 rings (SSSR count). The van der Waals surface area contributed by atoms with Crippen LogP contribution in [0.5, 0.6) is 0 Å². The molecule has 0 radical (unpaired) electrons. The molecule has 0 aromatic carbocycles. The summed E-state index contributed by atoms with van der Waals surface area (Å²) in [5.74, 6) is 0.822. The van der Waals surface area contributed by atoms with E-state index in [0.29, 0.717) is 0 Å². The lowest BCUT2D eigenvalue weighted by molar-refractivity contribution is 0.749. The maximum Gasteiger partial charge on any atom is 0.268 e. The van der Waals surface area contributed by atoms with Crippen molar-refractivity contribution in [3.8, 4) is 0 Å². The summed E-state index contributed by atoms with van der Waals surface area (Å²) in [6.45, 7) is 0. The van der Waals surface area contributed by atoms with Crippen LogP contribution in [0.25, 0.3) is 0 Å². The minimum Gasteiger partial charge on any atom is -0.218 e. The van der Waals surface area contributed by atoms with Gasteiger partial charge in [0, 0.05) is 12.4 Å². The van der Waals surface area contributed by atoms with Crippen molar-refractivity contribution >= 4 is 12.2 Å². The number of hydrogen-bond donors (Lipinski definition) is 0. The SMILES string of the molecule is C1=CN2N=C2N=C1. The number of allylic oxidation sites excluding steroid dienone is 1. The summed E-state index contributed by atoms with van der Waals surface area (Å²) in [4.78, 5) is 3.87. The summed E-state index contributed by atoms with van der Waals surface area (Å²) in [6.07, 6.45) is 5.44. The van der Waals surface area contributed by atoms with E-state index in [2.05, 4.69) is 10.1 Å². The summed E-state index contributed by atoms with van der Waals surface area (Å²) in [7, 11) is 0. The largest absolute Gasteiger partial charge is 0.268 e. The highest BCUT2D eigenvalue weighted by molar-refractivity contribution is 5.99. The molecule has 0 unspecified atom stereocenters. The maximum atomic E-state index is 3.87. The standard InChI is InChI=1S/C4H3N3/c1-2-5-4-6-7(4)3-1/h1-3H. The van der Waals surface area contributed by atoms with E-state index in [0.717, 1.165) is 5.96 Å². The molecule has 0 saturated carbocycles. The van der Waals surface area contributed by atoms with Gasteiger partial charge < -0.3 is 0 Å². The second-order valence-corrected chi connectivity index (χ2v) is 1.36. The summed E-state index contributed by atoms with van der Waals surface area (Å²) in [5, 5.41) is 5.54. The van der Waals surface area contributed by atoms with Gasteiger partial charge in [-0.2, -0.15) is 0 Å². The molecule has 0 N–H and O–H groups in total. The fraction of sp³-hybridized carbons (Fsp3) is 0. The monoisotopic (exact) mass is 93.0 g/mol. The van der Waals surface area contributed by atoms with Gasteiger partial charge in [-0.3, -0.25) is 0 Å². The van der Waals surface area contributed by atoms with E-state index in [-0.39, 0.29) is 0 Å². The average Bonchev–Trinajstić information content (AvgIpc) is 2.41. The number of nitrogens with zero attached hydrogens (tertiary/aromatic N) is 3. The Balaban J connectivity index is 2.38. The predicted molar refractivity (Wildman–Crippen MR) is 26.9 cm³/mol. The summed E-state index contributed by atoms with van der Waals surface area (Å²) < 4.78 is 0. The summed E-state index contributed by atoms with van der Waals surface area (Å²) in [5.41, 5.74) is 0. The lowest BCUT2D eigenvalue weighted by atomic mass is 10.6. The Bertz CT molecular complexity index is 177. The minimum absolute atomic E-state index is 0.822. The van der Waals surface area contributed by atoms with Crippen LogP contribution in [-0.4, -0.2) is 17.2 Å². The molecule has 2 aliphatic heterocycles. The molecule has 2 heterocycles. The summed E-state index contributed by atoms with van der Waals surface area (Å²) in [6, 6.07) is 0. The molecule has 3 nitrogen and oxygen atoms in total. The van der Waals surface area contributed by atoms with E-state index in [1.54, 1.807) is 11.2 Å². The molecule has 0 amide bonds. The number of hydrogen-bond acceptors (Lipinski definition) is 3. The lowest BCUT2D eigenvalue weighted by Crippen LogP contribution is -1.96. The van der Waals surface area contributed by atoms with Gasteiger partial charge in [0.2, 0.25) is 0 Å². The van der Waals surface area contributed by atoms with Crippen LogP contribution in [0.4, 0.5) is 0 Å². The van der Waals surface area contributed by atoms with E-state index in [9.17, 15) is 0 Å². The molecule has 0 aliphatic carbocycles. The van der Waals surface area contributed by atoms with E-state index < -0.39 is 0 Å². The molecule has 2 aliphatic rings. The Hall–Kier alpha value is -1.12. The summed E-state index contributed by atoms with van der Waals surface area (Å²) >= 11 is 0. The third kappa shape index (κ3) is 0.287. The fourth-order valence-corrected chi connectivity index (χ4v) is 0.489. The van der Waals surface area contributed by atoms with Gasteiger partial charge in [0.15, 0.2) is 0 Å². The Morgan fingerprint density at radius 3 is 3.14 bits per heavy atom. The Kier molecular flexibility index (Phi) is 0.318. The quantitative estimate of drug-likeness (QED) is 0.419. The number of hydrazone groups is 1. The van der Waals surface area contributed by atoms with Gasteiger partial charge in [-0.25, -0.2) is 10.0 Å². The van der Waals surface area contributed by atoms with E-state index >= 15 is 0 Å². The molecule has 0 aromatic heterocycles. The molecule has 7 heavy (non-hydrogen) atoms. The van der Waals surface area contributed by atoms with Gasteiger partial charge in [0.25, 0.3) is 5.96 Å². The lowest BCUT2D eigenvalue weighted by Gasteiger charge is -1.88.